The molecule has 0 aliphatic rings. The van der Waals surface area contributed by atoms with Gasteiger partial charge in [-0.15, -0.1) is 0 Å². The highest BCUT2D eigenvalue weighted by molar-refractivity contribution is 6.15. The SMILES string of the molecule is BC(C)(CC)C(C)(CC)CC. The molecule has 0 aliphatic heterocycles. The first kappa shape index (κ1) is 11.1. The Labute approximate surface area is 73.2 Å². The first-order valence-corrected chi connectivity index (χ1v) is 4.93. The summed E-state index contributed by atoms with van der Waals surface area (Å²) in [6.07, 6.45) is 3.87. The van der Waals surface area contributed by atoms with Crippen LogP contribution in [0.3, 0.4) is 0 Å². The van der Waals surface area contributed by atoms with Gasteiger partial charge in [-0.2, -0.15) is 0 Å². The van der Waals surface area contributed by atoms with Gasteiger partial charge in [-0.3, -0.25) is 0 Å². The third-order valence-corrected chi connectivity index (χ3v) is 4.08. The predicted molar refractivity (Wildman–Crippen MR) is 55.9 cm³/mol. The van der Waals surface area contributed by atoms with Crippen molar-refractivity contribution in [2.45, 2.75) is 59.2 Å². The van der Waals surface area contributed by atoms with E-state index in [1.165, 1.54) is 19.3 Å². The first-order valence-electron chi connectivity index (χ1n) is 4.93. The highest BCUT2D eigenvalue weighted by Crippen LogP contribution is 2.49. The molecule has 0 fully saturated rings. The van der Waals surface area contributed by atoms with Gasteiger partial charge >= 0.3 is 0 Å². The van der Waals surface area contributed by atoms with Crippen molar-refractivity contribution in [3.05, 3.63) is 0 Å². The number of rotatable bonds is 4. The molecule has 11 heavy (non-hydrogen) atoms. The monoisotopic (exact) mass is 154 g/mol. The normalized spacial score (nSPS) is 17.9. The Hall–Kier alpha value is 0.0649. The Morgan fingerprint density at radius 3 is 1.36 bits per heavy atom. The molecule has 0 nitrogen and oxygen atoms in total. The van der Waals surface area contributed by atoms with E-state index in [1.54, 1.807) is 0 Å². The second-order valence-corrected chi connectivity index (χ2v) is 4.51. The van der Waals surface area contributed by atoms with Gasteiger partial charge in [0.15, 0.2) is 0 Å². The van der Waals surface area contributed by atoms with Crippen LogP contribution in [0.2, 0.25) is 5.31 Å². The number of hydrogen-bond donors (Lipinski definition) is 0. The van der Waals surface area contributed by atoms with E-state index in [1.807, 2.05) is 0 Å². The fourth-order valence-electron chi connectivity index (χ4n) is 1.63. The molecule has 1 unspecified atom stereocenters. The summed E-state index contributed by atoms with van der Waals surface area (Å²) in [6.45, 7) is 11.7. The average Bonchev–Trinajstić information content (AvgIpc) is 2.02. The molecule has 0 rings (SSSR count). The summed E-state index contributed by atoms with van der Waals surface area (Å²) in [5.74, 6) is 0. The smallest absolute Gasteiger partial charge is 0.0664 e. The third-order valence-electron chi connectivity index (χ3n) is 4.08. The van der Waals surface area contributed by atoms with Gasteiger partial charge in [0.25, 0.3) is 0 Å². The van der Waals surface area contributed by atoms with Gasteiger partial charge in [0.1, 0.15) is 7.85 Å². The largest absolute Gasteiger partial charge is 0.109 e. The van der Waals surface area contributed by atoms with Crippen LogP contribution in [0, 0.1) is 5.41 Å². The molecule has 0 bridgehead atoms. The summed E-state index contributed by atoms with van der Waals surface area (Å²) in [6, 6.07) is 0. The van der Waals surface area contributed by atoms with E-state index >= 15 is 0 Å². The van der Waals surface area contributed by atoms with E-state index in [-0.39, 0.29) is 0 Å². The van der Waals surface area contributed by atoms with Gasteiger partial charge in [-0.05, 0) is 5.41 Å². The van der Waals surface area contributed by atoms with Crippen LogP contribution in [0.25, 0.3) is 0 Å². The Kier molecular flexibility index (Phi) is 3.67. The maximum Gasteiger partial charge on any atom is 0.109 e. The minimum absolute atomic E-state index is 0.497. The van der Waals surface area contributed by atoms with Crippen molar-refractivity contribution in [1.29, 1.82) is 0 Å². The maximum atomic E-state index is 2.41. The molecule has 0 heterocycles. The predicted octanol–water partition coefficient (Wildman–Crippen LogP) is 3.03. The minimum atomic E-state index is 0.497. The quantitative estimate of drug-likeness (QED) is 0.546. The molecule has 0 aliphatic carbocycles. The van der Waals surface area contributed by atoms with Crippen molar-refractivity contribution in [1.82, 2.24) is 0 Å². The fraction of sp³-hybridized carbons (Fsp3) is 1.00. The van der Waals surface area contributed by atoms with Gasteiger partial charge < -0.3 is 0 Å². The van der Waals surface area contributed by atoms with E-state index in [4.69, 9.17) is 0 Å². The van der Waals surface area contributed by atoms with Crippen molar-refractivity contribution >= 4 is 7.85 Å². The van der Waals surface area contributed by atoms with Gasteiger partial charge in [-0.1, -0.05) is 59.2 Å². The van der Waals surface area contributed by atoms with Gasteiger partial charge in [0.2, 0.25) is 0 Å². The van der Waals surface area contributed by atoms with Crippen LogP contribution in [0.4, 0.5) is 0 Å². The Morgan fingerprint density at radius 2 is 1.27 bits per heavy atom. The summed E-state index contributed by atoms with van der Waals surface area (Å²) >= 11 is 0. The van der Waals surface area contributed by atoms with Gasteiger partial charge in [0, 0.05) is 0 Å². The Balaban J connectivity index is 4.47. The van der Waals surface area contributed by atoms with Crippen LogP contribution in [0.15, 0.2) is 0 Å². The minimum Gasteiger partial charge on any atom is -0.0664 e. The van der Waals surface area contributed by atoms with Crippen LogP contribution in [-0.2, 0) is 0 Å². The van der Waals surface area contributed by atoms with E-state index in [0.717, 1.165) is 0 Å². The fourth-order valence-corrected chi connectivity index (χ4v) is 1.63. The summed E-state index contributed by atoms with van der Waals surface area (Å²) in [4.78, 5) is 0. The zero-order chi connectivity index (χ0) is 9.12. The highest BCUT2D eigenvalue weighted by Gasteiger charge is 2.35. The topological polar surface area (TPSA) is 0 Å². The maximum absolute atomic E-state index is 2.41. The van der Waals surface area contributed by atoms with E-state index in [9.17, 15) is 0 Å². The molecule has 0 radical (unpaired) electrons. The summed E-state index contributed by atoms with van der Waals surface area (Å²) < 4.78 is 0. The standard InChI is InChI=1S/C10H23B/c1-6-9(4,7-2)10(5,11)8-3/h6-8,11H2,1-5H3. The molecule has 1 heteroatoms. The van der Waals surface area contributed by atoms with Crippen molar-refractivity contribution in [3.8, 4) is 0 Å². The molecule has 0 N–H and O–H groups in total. The van der Waals surface area contributed by atoms with Crippen LogP contribution in [0.5, 0.6) is 0 Å². The van der Waals surface area contributed by atoms with E-state index < -0.39 is 0 Å². The average molecular weight is 154 g/mol. The summed E-state index contributed by atoms with van der Waals surface area (Å²) in [5.41, 5.74) is 0.530. The Bertz CT molecular complexity index is 112. The molecule has 0 saturated heterocycles. The molecule has 0 aromatic rings. The number of hydrogen-bond acceptors (Lipinski definition) is 0. The van der Waals surface area contributed by atoms with E-state index in [0.29, 0.717) is 10.7 Å². The lowest BCUT2D eigenvalue weighted by Crippen LogP contribution is -2.30. The lowest BCUT2D eigenvalue weighted by Gasteiger charge is -2.43. The Morgan fingerprint density at radius 1 is 0.909 bits per heavy atom. The lowest BCUT2D eigenvalue weighted by molar-refractivity contribution is 0.196. The molecular formula is C10H23B. The second kappa shape index (κ2) is 3.64. The third kappa shape index (κ3) is 2.01. The molecule has 0 saturated carbocycles. The first-order chi connectivity index (χ1) is 4.93. The molecular weight excluding hydrogens is 131 g/mol. The van der Waals surface area contributed by atoms with Crippen LogP contribution in [-0.4, -0.2) is 7.85 Å². The molecule has 66 valence electrons. The van der Waals surface area contributed by atoms with Gasteiger partial charge in [0.05, 0.1) is 0 Å². The lowest BCUT2D eigenvalue weighted by atomic mass is 9.51. The van der Waals surface area contributed by atoms with Gasteiger partial charge in [-0.25, -0.2) is 0 Å². The second-order valence-electron chi connectivity index (χ2n) is 4.51. The van der Waals surface area contributed by atoms with Crippen molar-refractivity contribution in [3.63, 3.8) is 0 Å². The summed E-state index contributed by atoms with van der Waals surface area (Å²) in [7, 11) is 2.39. The van der Waals surface area contributed by atoms with Crippen LogP contribution in [0.1, 0.15) is 53.9 Å². The highest BCUT2D eigenvalue weighted by atomic mass is 14.4. The van der Waals surface area contributed by atoms with Crippen LogP contribution >= 0.6 is 0 Å². The summed E-state index contributed by atoms with van der Waals surface area (Å²) in [5, 5.41) is 0.497. The molecule has 0 amide bonds. The van der Waals surface area contributed by atoms with Crippen molar-refractivity contribution in [2.75, 3.05) is 0 Å². The molecule has 0 aromatic heterocycles. The van der Waals surface area contributed by atoms with Crippen molar-refractivity contribution < 1.29 is 0 Å². The zero-order valence-electron chi connectivity index (χ0n) is 9.12. The van der Waals surface area contributed by atoms with Crippen LogP contribution < -0.4 is 0 Å². The van der Waals surface area contributed by atoms with E-state index in [2.05, 4.69) is 42.5 Å². The zero-order valence-corrected chi connectivity index (χ0v) is 9.12. The molecule has 1 atom stereocenters. The molecule has 0 aromatic carbocycles. The van der Waals surface area contributed by atoms with Crippen molar-refractivity contribution in [2.24, 2.45) is 5.41 Å². The molecule has 0 spiro atoms.